The van der Waals surface area contributed by atoms with E-state index in [1.54, 1.807) is 13.4 Å². The zero-order valence-corrected chi connectivity index (χ0v) is 12.2. The number of imidazole rings is 1. The maximum Gasteiger partial charge on any atom is 0.226 e. The molecule has 0 aliphatic heterocycles. The summed E-state index contributed by atoms with van der Waals surface area (Å²) in [6.07, 6.45) is 2.69. The van der Waals surface area contributed by atoms with Gasteiger partial charge >= 0.3 is 0 Å². The van der Waals surface area contributed by atoms with Gasteiger partial charge in [-0.25, -0.2) is 4.98 Å². The number of rotatable bonds is 3. The second-order valence-electron chi connectivity index (χ2n) is 5.94. The molecule has 21 heavy (non-hydrogen) atoms. The Labute approximate surface area is 126 Å². The molecule has 2 heterocycles. The fourth-order valence-corrected chi connectivity index (χ4v) is 3.95. The Hall–Kier alpha value is -1.44. The van der Waals surface area contributed by atoms with Crippen molar-refractivity contribution in [3.63, 3.8) is 0 Å². The third-order valence-electron chi connectivity index (χ3n) is 5.05. The molecule has 8 heteroatoms. The van der Waals surface area contributed by atoms with Crippen LogP contribution in [0.2, 0.25) is 5.28 Å². The van der Waals surface area contributed by atoms with Crippen molar-refractivity contribution in [1.82, 2.24) is 19.5 Å². The van der Waals surface area contributed by atoms with Crippen molar-refractivity contribution in [2.24, 2.45) is 11.3 Å². The molecule has 0 saturated heterocycles. The van der Waals surface area contributed by atoms with Crippen LogP contribution < -0.4 is 5.32 Å². The molecule has 7 nitrogen and oxygen atoms in total. The fourth-order valence-electron chi connectivity index (χ4n) is 3.78. The highest BCUT2D eigenvalue weighted by Crippen LogP contribution is 2.67. The topological polar surface area (TPSA) is 96.1 Å². The number of fused-ring (bicyclic) bond motifs is 2. The quantitative estimate of drug-likeness (QED) is 0.727. The van der Waals surface area contributed by atoms with Gasteiger partial charge in [-0.3, -0.25) is 0 Å². The summed E-state index contributed by atoms with van der Waals surface area (Å²) >= 11 is 5.98. The van der Waals surface area contributed by atoms with E-state index in [2.05, 4.69) is 20.3 Å². The van der Waals surface area contributed by atoms with Crippen LogP contribution in [0.1, 0.15) is 18.9 Å². The summed E-state index contributed by atoms with van der Waals surface area (Å²) in [5.41, 5.74) is 1.000. The standard InChI is InChI=1S/C13H16ClN5O2/c1-15-10-9-11(18-12(14)17-10)19(5-16-9)7-2-8(21)13(4-20)3-6(7)13/h5-8,20-21H,2-4H2,1H3,(H,15,17,18)/t6-,7+,8+,13?/m1/s1. The molecular weight excluding hydrogens is 294 g/mol. The van der Waals surface area contributed by atoms with Crippen molar-refractivity contribution >= 4 is 28.6 Å². The van der Waals surface area contributed by atoms with Crippen molar-refractivity contribution < 1.29 is 10.2 Å². The van der Waals surface area contributed by atoms with E-state index in [-0.39, 0.29) is 29.3 Å². The molecule has 4 rings (SSSR count). The molecule has 0 aromatic carbocycles. The Morgan fingerprint density at radius 1 is 1.52 bits per heavy atom. The summed E-state index contributed by atoms with van der Waals surface area (Å²) in [7, 11) is 1.76. The van der Waals surface area contributed by atoms with E-state index in [4.69, 9.17) is 11.6 Å². The van der Waals surface area contributed by atoms with Gasteiger partial charge in [0.1, 0.15) is 0 Å². The summed E-state index contributed by atoms with van der Waals surface area (Å²) in [6, 6.07) is 0.0906. The molecule has 0 spiro atoms. The molecule has 0 bridgehead atoms. The fraction of sp³-hybridized carbons (Fsp3) is 0.615. The van der Waals surface area contributed by atoms with Crippen LogP contribution in [0.3, 0.4) is 0 Å². The molecule has 2 aromatic rings. The SMILES string of the molecule is CNc1nc(Cl)nc2c1ncn2[C@H]1C[C@H](O)C2(CO)C[C@H]12. The summed E-state index contributed by atoms with van der Waals surface area (Å²) in [5.74, 6) is 0.855. The average molecular weight is 310 g/mol. The minimum absolute atomic E-state index is 0.0273. The summed E-state index contributed by atoms with van der Waals surface area (Å²) in [6.45, 7) is 0.0273. The molecule has 2 aliphatic carbocycles. The maximum atomic E-state index is 10.2. The number of anilines is 1. The van der Waals surface area contributed by atoms with Gasteiger partial charge < -0.3 is 20.1 Å². The molecule has 2 aliphatic rings. The van der Waals surface area contributed by atoms with Gasteiger partial charge in [0.2, 0.25) is 5.28 Å². The van der Waals surface area contributed by atoms with Gasteiger partial charge in [-0.1, -0.05) is 0 Å². The third kappa shape index (κ3) is 1.65. The lowest BCUT2D eigenvalue weighted by Gasteiger charge is -2.16. The second kappa shape index (κ2) is 4.28. The largest absolute Gasteiger partial charge is 0.396 e. The monoisotopic (exact) mass is 309 g/mol. The lowest BCUT2D eigenvalue weighted by Crippen LogP contribution is -2.22. The van der Waals surface area contributed by atoms with E-state index in [0.29, 0.717) is 23.4 Å². The van der Waals surface area contributed by atoms with Crippen LogP contribution in [0.25, 0.3) is 11.2 Å². The first-order valence-electron chi connectivity index (χ1n) is 6.97. The van der Waals surface area contributed by atoms with Crippen molar-refractivity contribution in [3.8, 4) is 0 Å². The number of nitrogens with one attached hydrogen (secondary N) is 1. The van der Waals surface area contributed by atoms with Gasteiger partial charge in [-0.15, -0.1) is 0 Å². The maximum absolute atomic E-state index is 10.2. The van der Waals surface area contributed by atoms with Crippen LogP contribution in [0.4, 0.5) is 5.82 Å². The highest BCUT2D eigenvalue weighted by Gasteiger charge is 2.67. The zero-order valence-electron chi connectivity index (χ0n) is 11.5. The predicted octanol–water partition coefficient (Wildman–Crippen LogP) is 0.826. The normalized spacial score (nSPS) is 34.2. The molecular formula is C13H16ClN5O2. The minimum atomic E-state index is -0.476. The van der Waals surface area contributed by atoms with E-state index in [1.807, 2.05) is 4.57 Å². The van der Waals surface area contributed by atoms with Gasteiger partial charge in [-0.05, 0) is 30.4 Å². The van der Waals surface area contributed by atoms with Gasteiger partial charge in [0.05, 0.1) is 19.0 Å². The minimum Gasteiger partial charge on any atom is -0.396 e. The van der Waals surface area contributed by atoms with E-state index in [1.165, 1.54) is 0 Å². The Bertz CT molecular complexity index is 720. The van der Waals surface area contributed by atoms with E-state index >= 15 is 0 Å². The van der Waals surface area contributed by atoms with Crippen LogP contribution >= 0.6 is 11.6 Å². The lowest BCUT2D eigenvalue weighted by molar-refractivity contribution is 0.0600. The van der Waals surface area contributed by atoms with Gasteiger partial charge in [0.25, 0.3) is 0 Å². The van der Waals surface area contributed by atoms with Crippen LogP contribution in [0, 0.1) is 11.3 Å². The molecule has 4 atom stereocenters. The van der Waals surface area contributed by atoms with Gasteiger partial charge in [0.15, 0.2) is 17.0 Å². The summed E-state index contributed by atoms with van der Waals surface area (Å²) in [4.78, 5) is 12.8. The van der Waals surface area contributed by atoms with Crippen molar-refractivity contribution in [1.29, 1.82) is 0 Å². The average Bonchev–Trinajstić information content (AvgIpc) is 2.98. The van der Waals surface area contributed by atoms with Crippen molar-refractivity contribution in [2.45, 2.75) is 25.0 Å². The first kappa shape index (κ1) is 13.2. The molecule has 1 unspecified atom stereocenters. The van der Waals surface area contributed by atoms with Crippen LogP contribution in [0.5, 0.6) is 0 Å². The summed E-state index contributed by atoms with van der Waals surface area (Å²) in [5, 5.41) is 22.9. The lowest BCUT2D eigenvalue weighted by atomic mass is 10.0. The first-order valence-corrected chi connectivity index (χ1v) is 7.35. The first-order chi connectivity index (χ1) is 10.1. The highest BCUT2D eigenvalue weighted by atomic mass is 35.5. The Kier molecular flexibility index (Phi) is 2.70. The van der Waals surface area contributed by atoms with Gasteiger partial charge in [-0.2, -0.15) is 9.97 Å². The van der Waals surface area contributed by atoms with E-state index in [9.17, 15) is 10.2 Å². The predicted molar refractivity (Wildman–Crippen MR) is 77.2 cm³/mol. The van der Waals surface area contributed by atoms with E-state index in [0.717, 1.165) is 6.42 Å². The van der Waals surface area contributed by atoms with Crippen molar-refractivity contribution in [2.75, 3.05) is 19.0 Å². The van der Waals surface area contributed by atoms with Crippen LogP contribution in [-0.4, -0.2) is 49.5 Å². The van der Waals surface area contributed by atoms with Crippen LogP contribution in [0.15, 0.2) is 6.33 Å². The molecule has 0 radical (unpaired) electrons. The molecule has 0 amide bonds. The number of hydrogen-bond acceptors (Lipinski definition) is 6. The number of aromatic nitrogens is 4. The highest BCUT2D eigenvalue weighted by molar-refractivity contribution is 6.28. The molecule has 2 saturated carbocycles. The number of nitrogens with zero attached hydrogens (tertiary/aromatic N) is 4. The van der Waals surface area contributed by atoms with E-state index < -0.39 is 6.10 Å². The smallest absolute Gasteiger partial charge is 0.226 e. The molecule has 2 aromatic heterocycles. The molecule has 2 fully saturated rings. The number of aliphatic hydroxyl groups is 2. The molecule has 112 valence electrons. The second-order valence-corrected chi connectivity index (χ2v) is 6.27. The Morgan fingerprint density at radius 3 is 2.95 bits per heavy atom. The number of halogens is 1. The Balaban J connectivity index is 1.81. The van der Waals surface area contributed by atoms with Gasteiger partial charge in [0, 0.05) is 18.5 Å². The zero-order chi connectivity index (χ0) is 14.8. The van der Waals surface area contributed by atoms with Crippen molar-refractivity contribution in [3.05, 3.63) is 11.6 Å². The summed E-state index contributed by atoms with van der Waals surface area (Å²) < 4.78 is 1.96. The Morgan fingerprint density at radius 2 is 2.33 bits per heavy atom. The third-order valence-corrected chi connectivity index (χ3v) is 5.22. The number of aliphatic hydroxyl groups excluding tert-OH is 2. The number of hydrogen-bond donors (Lipinski definition) is 3. The van der Waals surface area contributed by atoms with Crippen LogP contribution in [-0.2, 0) is 0 Å². The molecule has 3 N–H and O–H groups in total.